The van der Waals surface area contributed by atoms with Gasteiger partial charge in [0.2, 0.25) is 0 Å². The molecule has 0 spiro atoms. The molecule has 0 saturated heterocycles. The minimum atomic E-state index is 0. The Morgan fingerprint density at radius 1 is 0.857 bits per heavy atom. The molecular formula is C7H12. The molecule has 0 fully saturated rings. The Labute approximate surface area is 45.9 Å². The van der Waals surface area contributed by atoms with Gasteiger partial charge in [-0.05, 0) is 0 Å². The molecule has 0 aromatic rings. The second-order valence-corrected chi connectivity index (χ2v) is 0.856. The van der Waals surface area contributed by atoms with Crippen LogP contribution in [0.15, 0.2) is 37.5 Å². The molecule has 0 saturated carbocycles. The quantitative estimate of drug-likeness (QED) is 0.463. The Morgan fingerprint density at radius 3 is 1.29 bits per heavy atom. The first-order valence-corrected chi connectivity index (χ1v) is 1.82. The third-order valence-electron chi connectivity index (χ3n) is 0.383. The smallest absolute Gasteiger partial charge is 0.0629 e. The number of rotatable bonds is 2. The van der Waals surface area contributed by atoms with Crippen molar-refractivity contribution < 1.29 is 0 Å². The summed E-state index contributed by atoms with van der Waals surface area (Å²) >= 11 is 0. The van der Waals surface area contributed by atoms with E-state index in [0.29, 0.717) is 0 Å². The zero-order chi connectivity index (χ0) is 4.83. The van der Waals surface area contributed by atoms with Crippen LogP contribution in [0.2, 0.25) is 0 Å². The van der Waals surface area contributed by atoms with Gasteiger partial charge in [0.15, 0.2) is 0 Å². The van der Waals surface area contributed by atoms with Gasteiger partial charge in [-0.2, -0.15) is 0 Å². The molecule has 0 heteroatoms. The van der Waals surface area contributed by atoms with E-state index >= 15 is 0 Å². The van der Waals surface area contributed by atoms with E-state index in [1.165, 1.54) is 0 Å². The van der Waals surface area contributed by atoms with Crippen LogP contribution in [0.3, 0.4) is 0 Å². The van der Waals surface area contributed by atoms with Gasteiger partial charge >= 0.3 is 0 Å². The molecule has 0 bridgehead atoms. The second-order valence-electron chi connectivity index (χ2n) is 0.856. The zero-order valence-electron chi connectivity index (χ0n) is 3.72. The Bertz CT molecular complexity index is 58.1. The zero-order valence-corrected chi connectivity index (χ0v) is 3.72. The molecule has 0 unspecified atom stereocenters. The van der Waals surface area contributed by atoms with Gasteiger partial charge in [0.1, 0.15) is 0 Å². The highest BCUT2D eigenvalue weighted by atomic mass is 13.5. The number of allylic oxidation sites excluding steroid dienone is 4. The van der Waals surface area contributed by atoms with E-state index in [0.717, 1.165) is 0 Å². The van der Waals surface area contributed by atoms with Gasteiger partial charge in [-0.3, -0.25) is 0 Å². The van der Waals surface area contributed by atoms with Crippen molar-refractivity contribution in [2.45, 2.75) is 7.43 Å². The van der Waals surface area contributed by atoms with Gasteiger partial charge in [0, 0.05) is 0 Å². The summed E-state index contributed by atoms with van der Waals surface area (Å²) in [6.07, 6.45) is 7.07. The van der Waals surface area contributed by atoms with Gasteiger partial charge in [0.25, 0.3) is 0 Å². The topological polar surface area (TPSA) is 0 Å². The Hall–Kier alpha value is -0.780. The van der Waals surface area contributed by atoms with Crippen LogP contribution >= 0.6 is 0 Å². The third-order valence-corrected chi connectivity index (χ3v) is 0.383. The van der Waals surface area contributed by atoms with Crippen LogP contribution in [0.5, 0.6) is 0 Å². The molecule has 0 atom stereocenters. The first kappa shape index (κ1) is 9.52. The number of hydrogen-bond donors (Lipinski definition) is 0. The average Bonchev–Trinajstić information content (AvgIpc) is 1.61. The molecule has 0 aromatic heterocycles. The first-order valence-electron chi connectivity index (χ1n) is 1.82. The van der Waals surface area contributed by atoms with Gasteiger partial charge < -0.3 is 0 Å². The highest BCUT2D eigenvalue weighted by Gasteiger charge is 1.47. The molecule has 40 valence electrons. The SMILES string of the molecule is C.C=C/C=C\C=C. The molecule has 0 aliphatic carbocycles. The average molecular weight is 96.2 g/mol. The lowest BCUT2D eigenvalue weighted by molar-refractivity contribution is 1.98. The summed E-state index contributed by atoms with van der Waals surface area (Å²) in [6, 6.07) is 0. The number of hydrogen-bond acceptors (Lipinski definition) is 0. The lowest BCUT2D eigenvalue weighted by atomic mass is 10.5. The highest BCUT2D eigenvalue weighted by Crippen LogP contribution is 1.69. The van der Waals surface area contributed by atoms with E-state index < -0.39 is 0 Å². The fourth-order valence-corrected chi connectivity index (χ4v) is 0.157. The summed E-state index contributed by atoms with van der Waals surface area (Å²) < 4.78 is 0. The van der Waals surface area contributed by atoms with Crippen molar-refractivity contribution in [1.29, 1.82) is 0 Å². The van der Waals surface area contributed by atoms with Crippen LogP contribution in [0.25, 0.3) is 0 Å². The molecular weight excluding hydrogens is 84.1 g/mol. The van der Waals surface area contributed by atoms with E-state index in [1.807, 2.05) is 12.2 Å². The van der Waals surface area contributed by atoms with E-state index in [1.54, 1.807) is 12.2 Å². The highest BCUT2D eigenvalue weighted by molar-refractivity contribution is 5.05. The predicted molar refractivity (Wildman–Crippen MR) is 36.3 cm³/mol. The summed E-state index contributed by atoms with van der Waals surface area (Å²) in [7, 11) is 0. The monoisotopic (exact) mass is 96.1 g/mol. The Balaban J connectivity index is 0. The van der Waals surface area contributed by atoms with Crippen LogP contribution in [-0.4, -0.2) is 0 Å². The largest absolute Gasteiger partial charge is 0.0991 e. The van der Waals surface area contributed by atoms with Crippen molar-refractivity contribution in [3.8, 4) is 0 Å². The molecule has 0 aromatic carbocycles. The molecule has 7 heavy (non-hydrogen) atoms. The first-order chi connectivity index (χ1) is 2.91. The molecule has 0 amide bonds. The molecule has 0 nitrogen and oxygen atoms in total. The van der Waals surface area contributed by atoms with Gasteiger partial charge in [-0.15, -0.1) is 0 Å². The summed E-state index contributed by atoms with van der Waals surface area (Å²) in [5.74, 6) is 0. The van der Waals surface area contributed by atoms with E-state index in [-0.39, 0.29) is 7.43 Å². The van der Waals surface area contributed by atoms with Crippen molar-refractivity contribution >= 4 is 0 Å². The normalized spacial score (nSPS) is 7.43. The summed E-state index contributed by atoms with van der Waals surface area (Å²) in [5, 5.41) is 0. The fourth-order valence-electron chi connectivity index (χ4n) is 0.157. The third kappa shape index (κ3) is 11.0. The van der Waals surface area contributed by atoms with Gasteiger partial charge in [-0.1, -0.05) is 44.9 Å². The molecule has 0 aliphatic heterocycles. The predicted octanol–water partition coefficient (Wildman–Crippen LogP) is 2.55. The molecule has 0 heterocycles. The summed E-state index contributed by atoms with van der Waals surface area (Å²) in [5.41, 5.74) is 0. The maximum atomic E-state index is 3.46. The Kier molecular flexibility index (Phi) is 12.2. The van der Waals surface area contributed by atoms with Crippen LogP contribution in [-0.2, 0) is 0 Å². The van der Waals surface area contributed by atoms with E-state index in [4.69, 9.17) is 0 Å². The summed E-state index contributed by atoms with van der Waals surface area (Å²) in [6.45, 7) is 6.93. The van der Waals surface area contributed by atoms with Crippen LogP contribution in [0, 0.1) is 0 Å². The Morgan fingerprint density at radius 2 is 1.14 bits per heavy atom. The van der Waals surface area contributed by atoms with Gasteiger partial charge in [0.05, 0.1) is 0 Å². The lowest BCUT2D eigenvalue weighted by Gasteiger charge is -1.60. The lowest BCUT2D eigenvalue weighted by Crippen LogP contribution is -1.38. The van der Waals surface area contributed by atoms with Crippen molar-refractivity contribution in [2.24, 2.45) is 0 Å². The molecule has 0 N–H and O–H groups in total. The van der Waals surface area contributed by atoms with Crippen molar-refractivity contribution in [2.75, 3.05) is 0 Å². The minimum absolute atomic E-state index is 0. The van der Waals surface area contributed by atoms with Crippen molar-refractivity contribution in [3.63, 3.8) is 0 Å². The minimum Gasteiger partial charge on any atom is -0.0991 e. The maximum Gasteiger partial charge on any atom is -0.0629 e. The van der Waals surface area contributed by atoms with Gasteiger partial charge in [-0.25, -0.2) is 0 Å². The maximum absolute atomic E-state index is 3.46. The van der Waals surface area contributed by atoms with Crippen LogP contribution < -0.4 is 0 Å². The van der Waals surface area contributed by atoms with Crippen LogP contribution in [0.4, 0.5) is 0 Å². The van der Waals surface area contributed by atoms with E-state index in [9.17, 15) is 0 Å². The second kappa shape index (κ2) is 8.97. The van der Waals surface area contributed by atoms with Crippen molar-refractivity contribution in [1.82, 2.24) is 0 Å². The fraction of sp³-hybridized carbons (Fsp3) is 0.143. The molecule has 0 radical (unpaired) electrons. The van der Waals surface area contributed by atoms with Crippen molar-refractivity contribution in [3.05, 3.63) is 37.5 Å². The standard InChI is InChI=1S/C6H8.CH4/c1-3-5-6-4-2;/h3-6H,1-2H2;1H4/b6-5-;. The summed E-state index contributed by atoms with van der Waals surface area (Å²) in [4.78, 5) is 0. The molecule has 0 rings (SSSR count). The van der Waals surface area contributed by atoms with E-state index in [2.05, 4.69) is 13.2 Å². The van der Waals surface area contributed by atoms with Crippen LogP contribution in [0.1, 0.15) is 7.43 Å². The molecule has 0 aliphatic rings.